The predicted octanol–water partition coefficient (Wildman–Crippen LogP) is 3.09. The third kappa shape index (κ3) is 3.28. The SMILES string of the molecule is NCCCCc1ccc(CF)cc1Cl. The molecule has 0 unspecified atom stereocenters. The van der Waals surface area contributed by atoms with Crippen LogP contribution in [0.4, 0.5) is 4.39 Å². The van der Waals surface area contributed by atoms with E-state index in [4.69, 9.17) is 17.3 Å². The molecule has 0 radical (unpaired) electrons. The van der Waals surface area contributed by atoms with Crippen LogP contribution >= 0.6 is 11.6 Å². The number of hydrogen-bond acceptors (Lipinski definition) is 1. The minimum absolute atomic E-state index is 0.456. The average Bonchev–Trinajstić information content (AvgIpc) is 2.20. The van der Waals surface area contributed by atoms with Crippen LogP contribution in [-0.4, -0.2) is 6.54 Å². The van der Waals surface area contributed by atoms with Crippen molar-refractivity contribution in [1.29, 1.82) is 0 Å². The molecule has 0 heterocycles. The maximum atomic E-state index is 12.3. The van der Waals surface area contributed by atoms with Gasteiger partial charge in [0.25, 0.3) is 0 Å². The zero-order chi connectivity index (χ0) is 10.4. The van der Waals surface area contributed by atoms with E-state index in [1.807, 2.05) is 6.07 Å². The molecule has 0 aromatic heterocycles. The molecule has 14 heavy (non-hydrogen) atoms. The highest BCUT2D eigenvalue weighted by atomic mass is 35.5. The van der Waals surface area contributed by atoms with Gasteiger partial charge in [-0.1, -0.05) is 23.7 Å². The highest BCUT2D eigenvalue weighted by Crippen LogP contribution is 2.20. The zero-order valence-corrected chi connectivity index (χ0v) is 8.86. The lowest BCUT2D eigenvalue weighted by molar-refractivity contribution is 0.485. The largest absolute Gasteiger partial charge is 0.330 e. The van der Waals surface area contributed by atoms with Crippen molar-refractivity contribution in [2.45, 2.75) is 25.9 Å². The van der Waals surface area contributed by atoms with Crippen LogP contribution in [-0.2, 0) is 13.1 Å². The maximum absolute atomic E-state index is 12.3. The number of nitrogens with two attached hydrogens (primary N) is 1. The van der Waals surface area contributed by atoms with Crippen molar-refractivity contribution in [3.05, 3.63) is 34.3 Å². The van der Waals surface area contributed by atoms with Gasteiger partial charge in [-0.15, -0.1) is 0 Å². The standard InChI is InChI=1S/C11H15ClFN/c12-11-7-9(8-13)4-5-10(11)3-1-2-6-14/h4-5,7H,1-3,6,8,14H2. The molecule has 1 aromatic rings. The van der Waals surface area contributed by atoms with Gasteiger partial charge in [-0.25, -0.2) is 4.39 Å². The fourth-order valence-electron chi connectivity index (χ4n) is 1.34. The molecule has 0 saturated carbocycles. The molecule has 0 fully saturated rings. The first kappa shape index (κ1) is 11.5. The van der Waals surface area contributed by atoms with Crippen LogP contribution in [0.2, 0.25) is 5.02 Å². The molecule has 78 valence electrons. The third-order valence-electron chi connectivity index (χ3n) is 2.17. The molecular weight excluding hydrogens is 201 g/mol. The van der Waals surface area contributed by atoms with E-state index in [9.17, 15) is 4.39 Å². The number of unbranched alkanes of at least 4 members (excludes halogenated alkanes) is 1. The Morgan fingerprint density at radius 1 is 1.29 bits per heavy atom. The Labute approximate surface area is 89.1 Å². The van der Waals surface area contributed by atoms with Crippen LogP contribution in [0.25, 0.3) is 0 Å². The number of alkyl halides is 1. The molecule has 0 bridgehead atoms. The minimum atomic E-state index is -0.456. The van der Waals surface area contributed by atoms with Crippen LogP contribution in [0.3, 0.4) is 0 Å². The maximum Gasteiger partial charge on any atom is 0.115 e. The number of aryl methyl sites for hydroxylation is 1. The van der Waals surface area contributed by atoms with E-state index >= 15 is 0 Å². The molecule has 0 atom stereocenters. The van der Waals surface area contributed by atoms with Gasteiger partial charge in [0.05, 0.1) is 0 Å². The molecule has 1 rings (SSSR count). The summed E-state index contributed by atoms with van der Waals surface area (Å²) >= 11 is 5.99. The summed E-state index contributed by atoms with van der Waals surface area (Å²) in [5, 5.41) is 0.664. The topological polar surface area (TPSA) is 26.0 Å². The Hall–Kier alpha value is -0.600. The molecule has 1 nitrogen and oxygen atoms in total. The van der Waals surface area contributed by atoms with Crippen molar-refractivity contribution < 1.29 is 4.39 Å². The first-order valence-electron chi connectivity index (χ1n) is 4.81. The Morgan fingerprint density at radius 2 is 2.07 bits per heavy atom. The quantitative estimate of drug-likeness (QED) is 0.751. The Kier molecular flexibility index (Phi) is 4.91. The van der Waals surface area contributed by atoms with Crippen molar-refractivity contribution in [1.82, 2.24) is 0 Å². The highest BCUT2D eigenvalue weighted by molar-refractivity contribution is 6.31. The Balaban J connectivity index is 2.59. The molecule has 0 aliphatic heterocycles. The summed E-state index contributed by atoms with van der Waals surface area (Å²) in [6.45, 7) is 0.253. The molecule has 0 saturated heterocycles. The van der Waals surface area contributed by atoms with Crippen LogP contribution in [0.5, 0.6) is 0 Å². The lowest BCUT2D eigenvalue weighted by Crippen LogP contribution is -1.99. The van der Waals surface area contributed by atoms with Crippen LogP contribution < -0.4 is 5.73 Å². The van der Waals surface area contributed by atoms with E-state index in [1.54, 1.807) is 12.1 Å². The molecule has 2 N–H and O–H groups in total. The first-order valence-corrected chi connectivity index (χ1v) is 5.19. The lowest BCUT2D eigenvalue weighted by atomic mass is 10.1. The lowest BCUT2D eigenvalue weighted by Gasteiger charge is -2.04. The monoisotopic (exact) mass is 215 g/mol. The first-order chi connectivity index (χ1) is 6.77. The summed E-state index contributed by atoms with van der Waals surface area (Å²) in [5.41, 5.74) is 7.11. The van der Waals surface area contributed by atoms with Gasteiger partial charge < -0.3 is 5.73 Å². The van der Waals surface area contributed by atoms with Gasteiger partial charge in [-0.2, -0.15) is 0 Å². The molecule has 1 aromatic carbocycles. The second-order valence-electron chi connectivity index (χ2n) is 3.31. The second-order valence-corrected chi connectivity index (χ2v) is 3.71. The smallest absolute Gasteiger partial charge is 0.115 e. The van der Waals surface area contributed by atoms with Gasteiger partial charge >= 0.3 is 0 Å². The van der Waals surface area contributed by atoms with E-state index in [0.717, 1.165) is 24.8 Å². The van der Waals surface area contributed by atoms with Crippen molar-refractivity contribution in [3.63, 3.8) is 0 Å². The van der Waals surface area contributed by atoms with Gasteiger partial charge in [0, 0.05) is 5.02 Å². The van der Waals surface area contributed by atoms with E-state index in [0.29, 0.717) is 17.1 Å². The normalized spacial score (nSPS) is 10.5. The Morgan fingerprint density at radius 3 is 2.64 bits per heavy atom. The zero-order valence-electron chi connectivity index (χ0n) is 8.10. The third-order valence-corrected chi connectivity index (χ3v) is 2.52. The number of hydrogen-bond donors (Lipinski definition) is 1. The van der Waals surface area contributed by atoms with Gasteiger partial charge in [-0.05, 0) is 43.0 Å². The fourth-order valence-corrected chi connectivity index (χ4v) is 1.63. The van der Waals surface area contributed by atoms with Crippen LogP contribution in [0.1, 0.15) is 24.0 Å². The van der Waals surface area contributed by atoms with Crippen LogP contribution in [0, 0.1) is 0 Å². The summed E-state index contributed by atoms with van der Waals surface area (Å²) in [6.07, 6.45) is 2.95. The van der Waals surface area contributed by atoms with Gasteiger partial charge in [-0.3, -0.25) is 0 Å². The molecule has 0 amide bonds. The van der Waals surface area contributed by atoms with E-state index in [1.165, 1.54) is 0 Å². The van der Waals surface area contributed by atoms with E-state index in [-0.39, 0.29) is 0 Å². The Bertz CT molecular complexity index is 289. The molecule has 0 aliphatic rings. The molecule has 3 heteroatoms. The summed E-state index contributed by atoms with van der Waals surface area (Å²) in [6, 6.07) is 5.37. The van der Waals surface area contributed by atoms with Gasteiger partial charge in [0.2, 0.25) is 0 Å². The van der Waals surface area contributed by atoms with Gasteiger partial charge in [0.15, 0.2) is 0 Å². The van der Waals surface area contributed by atoms with Crippen molar-refractivity contribution >= 4 is 11.6 Å². The van der Waals surface area contributed by atoms with E-state index in [2.05, 4.69) is 0 Å². The summed E-state index contributed by atoms with van der Waals surface area (Å²) in [5.74, 6) is 0. The van der Waals surface area contributed by atoms with Crippen molar-refractivity contribution in [3.8, 4) is 0 Å². The molecule has 0 spiro atoms. The van der Waals surface area contributed by atoms with Gasteiger partial charge in [0.1, 0.15) is 6.67 Å². The summed E-state index contributed by atoms with van der Waals surface area (Å²) < 4.78 is 12.3. The number of benzene rings is 1. The van der Waals surface area contributed by atoms with Crippen molar-refractivity contribution in [2.24, 2.45) is 5.73 Å². The average molecular weight is 216 g/mol. The summed E-state index contributed by atoms with van der Waals surface area (Å²) in [7, 11) is 0. The number of halogens is 2. The summed E-state index contributed by atoms with van der Waals surface area (Å²) in [4.78, 5) is 0. The minimum Gasteiger partial charge on any atom is -0.330 e. The van der Waals surface area contributed by atoms with Crippen molar-refractivity contribution in [2.75, 3.05) is 6.54 Å². The number of rotatable bonds is 5. The second kappa shape index (κ2) is 5.99. The fraction of sp³-hybridized carbons (Fsp3) is 0.455. The van der Waals surface area contributed by atoms with E-state index < -0.39 is 6.67 Å². The molecular formula is C11H15ClFN. The highest BCUT2D eigenvalue weighted by Gasteiger charge is 2.01. The van der Waals surface area contributed by atoms with Crippen LogP contribution in [0.15, 0.2) is 18.2 Å². The predicted molar refractivity (Wildman–Crippen MR) is 58.3 cm³/mol. The molecule has 0 aliphatic carbocycles.